The average Bonchev–Trinajstić information content (AvgIpc) is 3.03. The molecular formula is C21H13BF5NO4. The van der Waals surface area contributed by atoms with Gasteiger partial charge in [0.25, 0.3) is 0 Å². The molecule has 0 saturated heterocycles. The van der Waals surface area contributed by atoms with Gasteiger partial charge in [0.1, 0.15) is 11.2 Å². The Morgan fingerprint density at radius 3 is 1.97 bits per heavy atom. The molecule has 0 fully saturated rings. The third kappa shape index (κ3) is 3.49. The highest BCUT2D eigenvalue weighted by atomic mass is 19.4. The largest absolute Gasteiger partial charge is 0.573 e. The van der Waals surface area contributed by atoms with Crippen LogP contribution in [0, 0.1) is 11.6 Å². The third-order valence-electron chi connectivity index (χ3n) is 5.24. The summed E-state index contributed by atoms with van der Waals surface area (Å²) in [6.07, 6.45) is -4.92. The smallest absolute Gasteiger partial charge is 0.423 e. The lowest BCUT2D eigenvalue weighted by atomic mass is 9.69. The van der Waals surface area contributed by atoms with Crippen molar-refractivity contribution in [1.82, 2.24) is 0 Å². The fourth-order valence-corrected chi connectivity index (χ4v) is 3.87. The summed E-state index contributed by atoms with van der Waals surface area (Å²) in [5, 5.41) is 21.0. The van der Waals surface area contributed by atoms with Gasteiger partial charge in [-0.3, -0.25) is 4.79 Å². The van der Waals surface area contributed by atoms with Gasteiger partial charge in [0.2, 0.25) is 5.91 Å². The van der Waals surface area contributed by atoms with Gasteiger partial charge in [0, 0.05) is 5.56 Å². The maximum Gasteiger partial charge on any atom is 0.573 e. The van der Waals surface area contributed by atoms with Gasteiger partial charge >= 0.3 is 13.5 Å². The van der Waals surface area contributed by atoms with Gasteiger partial charge in [-0.05, 0) is 34.8 Å². The van der Waals surface area contributed by atoms with Crippen LogP contribution < -0.4 is 15.5 Å². The predicted molar refractivity (Wildman–Crippen MR) is 104 cm³/mol. The zero-order valence-corrected chi connectivity index (χ0v) is 16.0. The lowest BCUT2D eigenvalue weighted by Gasteiger charge is -2.29. The molecular weight excluding hydrogens is 436 g/mol. The minimum Gasteiger partial charge on any atom is -0.423 e. The Labute approximate surface area is 178 Å². The van der Waals surface area contributed by atoms with Crippen LogP contribution in [0.1, 0.15) is 16.7 Å². The first-order valence-corrected chi connectivity index (χ1v) is 9.17. The Morgan fingerprint density at radius 1 is 0.875 bits per heavy atom. The Kier molecular flexibility index (Phi) is 5.18. The van der Waals surface area contributed by atoms with E-state index in [0.717, 1.165) is 18.2 Å². The molecule has 1 heterocycles. The molecule has 0 radical (unpaired) electrons. The van der Waals surface area contributed by atoms with Crippen LogP contribution in [0.5, 0.6) is 5.75 Å². The highest BCUT2D eigenvalue weighted by Gasteiger charge is 2.51. The lowest BCUT2D eigenvalue weighted by Crippen LogP contribution is -2.38. The van der Waals surface area contributed by atoms with E-state index in [1.807, 2.05) is 0 Å². The first kappa shape index (κ1) is 21.8. The molecule has 3 aromatic rings. The maximum absolute atomic E-state index is 14.5. The minimum atomic E-state index is -4.92. The molecule has 1 atom stereocenters. The van der Waals surface area contributed by atoms with Gasteiger partial charge < -0.3 is 20.1 Å². The Morgan fingerprint density at radius 2 is 1.44 bits per heavy atom. The van der Waals surface area contributed by atoms with Gasteiger partial charge in [-0.2, -0.15) is 0 Å². The molecule has 32 heavy (non-hydrogen) atoms. The van der Waals surface area contributed by atoms with Crippen LogP contribution in [-0.4, -0.2) is 29.4 Å². The number of hydrogen-bond acceptors (Lipinski definition) is 4. The highest BCUT2D eigenvalue weighted by Crippen LogP contribution is 2.49. The zero-order valence-electron chi connectivity index (χ0n) is 16.0. The Balaban J connectivity index is 1.94. The topological polar surface area (TPSA) is 78.8 Å². The highest BCUT2D eigenvalue weighted by molar-refractivity contribution is 6.58. The summed E-state index contributed by atoms with van der Waals surface area (Å²) >= 11 is 0. The molecule has 164 valence electrons. The van der Waals surface area contributed by atoms with Crippen molar-refractivity contribution in [3.8, 4) is 5.75 Å². The number of ether oxygens (including phenoxy) is 1. The number of anilines is 1. The molecule has 4 rings (SSSR count). The van der Waals surface area contributed by atoms with E-state index < -0.39 is 47.9 Å². The summed E-state index contributed by atoms with van der Waals surface area (Å²) in [6, 6.07) is 11.9. The van der Waals surface area contributed by atoms with E-state index in [1.165, 1.54) is 42.5 Å². The van der Waals surface area contributed by atoms with E-state index in [-0.39, 0.29) is 22.2 Å². The van der Waals surface area contributed by atoms with Crippen molar-refractivity contribution in [2.75, 3.05) is 5.32 Å². The molecule has 0 aromatic heterocycles. The van der Waals surface area contributed by atoms with Crippen LogP contribution in [0.2, 0.25) is 0 Å². The van der Waals surface area contributed by atoms with Crippen LogP contribution >= 0.6 is 0 Å². The molecule has 0 spiro atoms. The molecule has 0 bridgehead atoms. The van der Waals surface area contributed by atoms with E-state index in [2.05, 4.69) is 10.1 Å². The number of halogens is 5. The summed E-state index contributed by atoms with van der Waals surface area (Å²) in [6.45, 7) is 0. The first-order chi connectivity index (χ1) is 15.0. The number of hydrogen-bond donors (Lipinski definition) is 3. The first-order valence-electron chi connectivity index (χ1n) is 9.17. The average molecular weight is 449 g/mol. The summed E-state index contributed by atoms with van der Waals surface area (Å²) in [5.41, 5.74) is -1.58. The van der Waals surface area contributed by atoms with E-state index in [9.17, 15) is 36.8 Å². The number of fused-ring (bicyclic) bond motifs is 1. The molecule has 5 nitrogen and oxygen atoms in total. The van der Waals surface area contributed by atoms with Crippen molar-refractivity contribution in [3.05, 3.63) is 89.0 Å². The fraction of sp³-hybridized carbons (Fsp3) is 0.0952. The Bertz CT molecular complexity index is 1180. The quantitative estimate of drug-likeness (QED) is 0.423. The number of nitrogens with one attached hydrogen (secondary N) is 1. The monoisotopic (exact) mass is 449 g/mol. The lowest BCUT2D eigenvalue weighted by molar-refractivity contribution is -0.274. The van der Waals surface area contributed by atoms with Gasteiger partial charge in [-0.25, -0.2) is 8.78 Å². The minimum absolute atomic E-state index is 0.0446. The SMILES string of the molecule is O=C1Nc2c(ccc(F)c2F)[C@@]1(c1ccc(OC(F)(F)F)cc1)c1ccc(B(O)O)cc1. The van der Waals surface area contributed by atoms with Gasteiger partial charge in [-0.1, -0.05) is 42.5 Å². The number of rotatable bonds is 4. The molecule has 1 aliphatic heterocycles. The number of alkyl halides is 3. The van der Waals surface area contributed by atoms with Gasteiger partial charge in [-0.15, -0.1) is 13.2 Å². The second-order valence-electron chi connectivity index (χ2n) is 7.06. The normalized spacial score (nSPS) is 17.7. The number of carbonyl (C=O) groups is 1. The molecule has 0 aliphatic carbocycles. The van der Waals surface area contributed by atoms with E-state index >= 15 is 0 Å². The van der Waals surface area contributed by atoms with Crippen LogP contribution in [0.15, 0.2) is 60.7 Å². The predicted octanol–water partition coefficient (Wildman–Crippen LogP) is 2.83. The van der Waals surface area contributed by atoms with Crippen molar-refractivity contribution in [2.45, 2.75) is 11.8 Å². The number of carbonyl (C=O) groups excluding carboxylic acids is 1. The molecule has 3 aromatic carbocycles. The standard InChI is InChI=1S/C21H13BF5NO4/c23-16-10-9-15-18(17(16)24)28-19(29)20(15,11-1-5-13(6-2-11)22(30)31)12-3-7-14(8-4-12)32-21(25,26)27/h1-10,30-31H,(H,28,29)/t20-/m0/s1. The van der Waals surface area contributed by atoms with E-state index in [4.69, 9.17) is 0 Å². The van der Waals surface area contributed by atoms with E-state index in [1.54, 1.807) is 0 Å². The maximum atomic E-state index is 14.5. The zero-order chi connectivity index (χ0) is 23.3. The molecule has 0 saturated carbocycles. The van der Waals surface area contributed by atoms with Gasteiger partial charge in [0.05, 0.1) is 5.69 Å². The molecule has 3 N–H and O–H groups in total. The third-order valence-corrected chi connectivity index (χ3v) is 5.24. The second kappa shape index (κ2) is 7.61. The molecule has 0 unspecified atom stereocenters. The molecule has 1 amide bonds. The van der Waals surface area contributed by atoms with Crippen molar-refractivity contribution >= 4 is 24.2 Å². The molecule has 1 aliphatic rings. The Hall–Kier alpha value is -3.44. The van der Waals surface area contributed by atoms with Crippen molar-refractivity contribution in [3.63, 3.8) is 0 Å². The van der Waals surface area contributed by atoms with Crippen molar-refractivity contribution in [1.29, 1.82) is 0 Å². The number of benzene rings is 3. The molecule has 11 heteroatoms. The summed E-state index contributed by atoms with van der Waals surface area (Å²) in [4.78, 5) is 13.2. The number of amides is 1. The van der Waals surface area contributed by atoms with Crippen molar-refractivity contribution < 1.29 is 41.5 Å². The summed E-state index contributed by atoms with van der Waals surface area (Å²) in [7, 11) is -1.78. The van der Waals surface area contributed by atoms with Gasteiger partial charge in [0.15, 0.2) is 11.6 Å². The van der Waals surface area contributed by atoms with Crippen LogP contribution in [0.25, 0.3) is 0 Å². The second-order valence-corrected chi connectivity index (χ2v) is 7.06. The fourth-order valence-electron chi connectivity index (χ4n) is 3.87. The van der Waals surface area contributed by atoms with E-state index in [0.29, 0.717) is 0 Å². The summed E-state index contributed by atoms with van der Waals surface area (Å²) < 4.78 is 69.7. The van der Waals surface area contributed by atoms with Crippen LogP contribution in [0.4, 0.5) is 27.6 Å². The summed E-state index contributed by atoms with van der Waals surface area (Å²) in [5.74, 6) is -3.76. The van der Waals surface area contributed by atoms with Crippen molar-refractivity contribution in [2.24, 2.45) is 0 Å². The van der Waals surface area contributed by atoms with Crippen LogP contribution in [-0.2, 0) is 10.2 Å². The van der Waals surface area contributed by atoms with Crippen LogP contribution in [0.3, 0.4) is 0 Å².